The molecule has 0 radical (unpaired) electrons. The first-order valence-electron chi connectivity index (χ1n) is 30.0. The van der Waals surface area contributed by atoms with E-state index in [9.17, 15) is 146 Å². The number of aliphatic hydroxyl groups excluding tert-OH is 19. The smallest absolute Gasteiger partial charge is 0.364 e. The van der Waals surface area contributed by atoms with E-state index >= 15 is 0 Å². The van der Waals surface area contributed by atoms with E-state index in [-0.39, 0.29) is 0 Å². The van der Waals surface area contributed by atoms with Crippen LogP contribution in [0.25, 0.3) is 0 Å². The summed E-state index contributed by atoms with van der Waals surface area (Å²) in [5, 5.41) is 251. The van der Waals surface area contributed by atoms with Crippen molar-refractivity contribution in [3.63, 3.8) is 0 Å². The summed E-state index contributed by atoms with van der Waals surface area (Å²) in [5.41, 5.74) is 0. The molecule has 6 rings (SSSR count). The van der Waals surface area contributed by atoms with Crippen molar-refractivity contribution in [2.75, 3.05) is 39.6 Å². The Balaban J connectivity index is 1.42. The fourth-order valence-corrected chi connectivity index (χ4v) is 12.2. The summed E-state index contributed by atoms with van der Waals surface area (Å²) in [6, 6.07) is -7.90. The van der Waals surface area contributed by atoms with Gasteiger partial charge in [0.2, 0.25) is 23.6 Å². The molecule has 0 aromatic carbocycles. The SMILES string of the molecule is CC(=O)N[C@H]1[C@H](O[C@@H]2[C@H](O[C@]3(C(=O)O)C[C@H](O)[C@@H](NC(C)=O)[C@H]([C@H](O)[C@@H](CO)O[C@]4(C(=O)O)C[C@H](O)[C@@H](NC(C)=O)[C@H]([C@H](O)[C@@H](CO)O[C@]5(C(=O)O)C[C@H](O)[C@@H](NC(C)=O)[C@H]([C@H](O)[C@H](O)CO)O5)O4)O3)[C@@H](O)[C@H](O[C@H]3[C@H](O)[C@@H](O)[C@@H](O)O[C@@H]3CO)O[C@@H]2CO)O[C@H](CO)[C@H](O)[C@@H]1O. The topological polar surface area (TPSA) is 714 Å². The third-order valence-electron chi connectivity index (χ3n) is 17.0. The van der Waals surface area contributed by atoms with Gasteiger partial charge in [0.05, 0.1) is 76.1 Å². The lowest BCUT2D eigenvalue weighted by Gasteiger charge is -2.52. The lowest BCUT2D eigenvalue weighted by atomic mass is 9.86. The van der Waals surface area contributed by atoms with Crippen molar-refractivity contribution in [3.05, 3.63) is 0 Å². The minimum absolute atomic E-state index is 0.819. The van der Waals surface area contributed by atoms with Gasteiger partial charge in [-0.1, -0.05) is 0 Å². The normalized spacial score (nSPS) is 42.1. The molecule has 4 amide bonds. The van der Waals surface area contributed by atoms with Crippen LogP contribution in [0.3, 0.4) is 0 Å². The minimum atomic E-state index is -3.67. The first-order chi connectivity index (χ1) is 45.4. The number of rotatable bonds is 29. The van der Waals surface area contributed by atoms with Crippen molar-refractivity contribution in [2.45, 2.75) is 248 Å². The second kappa shape index (κ2) is 33.7. The third kappa shape index (κ3) is 17.7. The number of hydrogen-bond acceptors (Lipinski definition) is 37. The molecule has 0 aliphatic carbocycles. The van der Waals surface area contributed by atoms with E-state index in [1.807, 2.05) is 0 Å². The molecule has 0 unspecified atom stereocenters. The van der Waals surface area contributed by atoms with Crippen molar-refractivity contribution in [3.8, 4) is 0 Å². The van der Waals surface area contributed by atoms with Crippen LogP contribution in [0.5, 0.6) is 0 Å². The number of carbonyl (C=O) groups is 7. The highest BCUT2D eigenvalue weighted by molar-refractivity contribution is 5.78. The number of aliphatic hydroxyl groups is 19. The van der Waals surface area contributed by atoms with Crippen LogP contribution < -0.4 is 21.3 Å². The lowest BCUT2D eigenvalue weighted by Crippen LogP contribution is -2.72. The molecule has 0 aromatic heterocycles. The lowest BCUT2D eigenvalue weighted by molar-refractivity contribution is -0.401. The van der Waals surface area contributed by atoms with Gasteiger partial charge >= 0.3 is 17.9 Å². The van der Waals surface area contributed by atoms with Crippen LogP contribution in [0.2, 0.25) is 0 Å². The van der Waals surface area contributed by atoms with Crippen molar-refractivity contribution < 1.29 is 198 Å². The average molecular weight is 1420 g/mol. The van der Waals surface area contributed by atoms with E-state index in [0.29, 0.717) is 0 Å². The van der Waals surface area contributed by atoms with Crippen LogP contribution in [-0.2, 0) is 85.7 Å². The van der Waals surface area contributed by atoms with Gasteiger partial charge in [0.25, 0.3) is 17.4 Å². The van der Waals surface area contributed by atoms with Crippen LogP contribution >= 0.6 is 0 Å². The molecule has 33 atom stereocenters. The average Bonchev–Trinajstić information content (AvgIpc) is 0.749. The Bertz CT molecular complexity index is 2680. The highest BCUT2D eigenvalue weighted by Gasteiger charge is 2.65. The minimum Gasteiger partial charge on any atom is -0.477 e. The summed E-state index contributed by atoms with van der Waals surface area (Å²) in [5.74, 6) is -21.6. The maximum atomic E-state index is 14.0. The maximum absolute atomic E-state index is 14.0. The van der Waals surface area contributed by atoms with Gasteiger partial charge in [-0.05, 0) is 0 Å². The summed E-state index contributed by atoms with van der Waals surface area (Å²) in [7, 11) is 0. The van der Waals surface area contributed by atoms with Gasteiger partial charge in [-0.2, -0.15) is 0 Å². The zero-order valence-corrected chi connectivity index (χ0v) is 51.9. The number of ether oxygens (including phenoxy) is 11. The van der Waals surface area contributed by atoms with Gasteiger partial charge in [-0.25, -0.2) is 14.4 Å². The first kappa shape index (κ1) is 81.1. The van der Waals surface area contributed by atoms with Gasteiger partial charge < -0.3 is 186 Å². The molecule has 6 aliphatic rings. The highest BCUT2D eigenvalue weighted by atomic mass is 16.8. The number of carboxylic acid groups (broad SMARTS) is 3. The molecule has 0 spiro atoms. The molecule has 0 aromatic rings. The Hall–Kier alpha value is -4.91. The zero-order chi connectivity index (χ0) is 72.8. The number of aliphatic carboxylic acids is 3. The summed E-state index contributed by atoms with van der Waals surface area (Å²) < 4.78 is 63.2. The number of carbonyl (C=O) groups excluding carboxylic acids is 4. The standard InChI is InChI=1S/C53H86N4O40/c1-14(64)54-27-18(68)5-51(48(81)82,94-41(27)31(72)21(71)8-58)92-23(10-60)33(74)42-28(55-15(2)65)19(69)6-52(95-42,49(83)84)93-24(11-61)34(75)43-29(56-16(3)66)20(70)7-53(96-43,50(85)86)97-44-38(79)47(90-39-25(12-62)87-45(80)37(78)36(39)77)89-26(13-63)40(44)91-46-30(57-17(4)67)35(76)32(73)22(9-59)88-46/h18-47,58-63,68-80H,5-13H2,1-4H3,(H,54,64)(H,55,65)(H,56,66)(H,57,67)(H,81,82)(H,83,84)(H,85,86)/t18-,19-,20-,21+,22+,23+,24+,25+,26+,27+,28+,29+,30+,31+,32-,33+,34+,35+,36+,37+,38+,39+,40-,41+,42+,43+,44+,45-,46-,47-,51+,52+,53-/m0/s1. The molecule has 44 nitrogen and oxygen atoms in total. The van der Waals surface area contributed by atoms with Crippen LogP contribution in [0.1, 0.15) is 47.0 Å². The van der Waals surface area contributed by atoms with Gasteiger partial charge in [0, 0.05) is 47.0 Å². The molecule has 0 bridgehead atoms. The molecule has 6 fully saturated rings. The van der Waals surface area contributed by atoms with E-state index in [1.165, 1.54) is 0 Å². The Morgan fingerprint density at radius 3 is 1.19 bits per heavy atom. The Labute approximate surface area is 547 Å². The fraction of sp³-hybridized carbons (Fsp3) is 0.868. The molecule has 0 saturated carbocycles. The first-order valence-corrected chi connectivity index (χ1v) is 30.0. The van der Waals surface area contributed by atoms with E-state index in [2.05, 4.69) is 21.3 Å². The van der Waals surface area contributed by atoms with Crippen LogP contribution in [0.4, 0.5) is 0 Å². The number of carboxylic acids is 3. The van der Waals surface area contributed by atoms with Gasteiger partial charge in [0.1, 0.15) is 128 Å². The van der Waals surface area contributed by atoms with E-state index in [4.69, 9.17) is 52.1 Å². The van der Waals surface area contributed by atoms with E-state index < -0.39 is 301 Å². The quantitative estimate of drug-likeness (QED) is 0.0331. The molecule has 26 N–H and O–H groups in total. The van der Waals surface area contributed by atoms with Gasteiger partial charge in [-0.3, -0.25) is 19.2 Å². The Morgan fingerprint density at radius 1 is 0.423 bits per heavy atom. The summed E-state index contributed by atoms with van der Waals surface area (Å²) in [6.07, 6.45) is -64.5. The molecule has 6 heterocycles. The van der Waals surface area contributed by atoms with Crippen LogP contribution in [-0.4, -0.2) is 394 Å². The Morgan fingerprint density at radius 2 is 0.794 bits per heavy atom. The third-order valence-corrected chi connectivity index (χ3v) is 17.0. The summed E-state index contributed by atoms with van der Waals surface area (Å²) in [4.78, 5) is 91.0. The molecular weight excluding hydrogens is 1330 g/mol. The van der Waals surface area contributed by atoms with Crippen molar-refractivity contribution in [1.82, 2.24) is 21.3 Å². The zero-order valence-electron chi connectivity index (χ0n) is 51.9. The molecule has 6 saturated heterocycles. The van der Waals surface area contributed by atoms with Crippen LogP contribution in [0.15, 0.2) is 0 Å². The summed E-state index contributed by atoms with van der Waals surface area (Å²) in [6.45, 7) is -4.49. The predicted molar refractivity (Wildman–Crippen MR) is 297 cm³/mol. The van der Waals surface area contributed by atoms with Gasteiger partial charge in [-0.15, -0.1) is 0 Å². The van der Waals surface area contributed by atoms with Crippen LogP contribution in [0, 0.1) is 0 Å². The number of amides is 4. The number of nitrogens with one attached hydrogen (secondary N) is 4. The van der Waals surface area contributed by atoms with Crippen molar-refractivity contribution in [2.24, 2.45) is 0 Å². The predicted octanol–water partition coefficient (Wildman–Crippen LogP) is -15.9. The highest BCUT2D eigenvalue weighted by Crippen LogP contribution is 2.43. The second-order valence-electron chi connectivity index (χ2n) is 24.0. The largest absolute Gasteiger partial charge is 0.477 e. The molecule has 558 valence electrons. The molecule has 6 aliphatic heterocycles. The Kier molecular flexibility index (Phi) is 28.2. The monoisotopic (exact) mass is 1420 g/mol. The van der Waals surface area contributed by atoms with Crippen molar-refractivity contribution >= 4 is 41.5 Å². The van der Waals surface area contributed by atoms with Gasteiger partial charge in [0.15, 0.2) is 18.9 Å². The van der Waals surface area contributed by atoms with E-state index in [1.54, 1.807) is 0 Å². The molecular formula is C53H86N4O40. The molecule has 44 heteroatoms. The number of hydrogen-bond donors (Lipinski definition) is 26. The van der Waals surface area contributed by atoms with Crippen molar-refractivity contribution in [1.29, 1.82) is 0 Å². The summed E-state index contributed by atoms with van der Waals surface area (Å²) >= 11 is 0. The van der Waals surface area contributed by atoms with E-state index in [0.717, 1.165) is 27.7 Å². The molecule has 97 heavy (non-hydrogen) atoms. The second-order valence-corrected chi connectivity index (χ2v) is 24.0. The fourth-order valence-electron chi connectivity index (χ4n) is 12.2. The maximum Gasteiger partial charge on any atom is 0.364 e.